The Kier molecular flexibility index (Phi) is 8.03. The molecule has 0 radical (unpaired) electrons. The molecule has 1 atom stereocenters. The maximum absolute atomic E-state index is 12.4. The van der Waals surface area contributed by atoms with Crippen molar-refractivity contribution in [3.05, 3.63) is 35.9 Å². The third-order valence-electron chi connectivity index (χ3n) is 5.07. The van der Waals surface area contributed by atoms with Crippen LogP contribution in [0.2, 0.25) is 0 Å². The number of ether oxygens (including phenoxy) is 1. The van der Waals surface area contributed by atoms with Crippen molar-refractivity contribution in [3.8, 4) is 0 Å². The summed E-state index contributed by atoms with van der Waals surface area (Å²) < 4.78 is 5.43. The summed E-state index contributed by atoms with van der Waals surface area (Å²) in [6.45, 7) is 4.13. The third-order valence-corrected chi connectivity index (χ3v) is 5.07. The Labute approximate surface area is 151 Å². The molecule has 1 unspecified atom stereocenters. The molecule has 4 nitrogen and oxygen atoms in total. The SMILES string of the molecule is Cl.O=C(CC1COCCN1)N1CCC(CCc2ccccc2)CC1. The van der Waals surface area contributed by atoms with E-state index in [1.807, 2.05) is 0 Å². The molecule has 0 bridgehead atoms. The van der Waals surface area contributed by atoms with Crippen LogP contribution < -0.4 is 5.32 Å². The summed E-state index contributed by atoms with van der Waals surface area (Å²) in [5.74, 6) is 1.05. The number of piperidine rings is 1. The number of amides is 1. The fourth-order valence-corrected chi connectivity index (χ4v) is 3.58. The van der Waals surface area contributed by atoms with E-state index in [1.54, 1.807) is 0 Å². The highest BCUT2D eigenvalue weighted by Crippen LogP contribution is 2.23. The molecule has 1 N–H and O–H groups in total. The Morgan fingerprint density at radius 2 is 1.96 bits per heavy atom. The van der Waals surface area contributed by atoms with E-state index in [0.29, 0.717) is 13.0 Å². The first-order valence-electron chi connectivity index (χ1n) is 8.94. The molecule has 2 saturated heterocycles. The molecule has 5 heteroatoms. The van der Waals surface area contributed by atoms with Crippen LogP contribution in [0.4, 0.5) is 0 Å². The average Bonchev–Trinajstić information content (AvgIpc) is 2.62. The topological polar surface area (TPSA) is 41.6 Å². The van der Waals surface area contributed by atoms with Crippen molar-refractivity contribution in [1.82, 2.24) is 10.2 Å². The lowest BCUT2D eigenvalue weighted by molar-refractivity contribution is -0.133. The van der Waals surface area contributed by atoms with Crippen molar-refractivity contribution in [2.24, 2.45) is 5.92 Å². The van der Waals surface area contributed by atoms with Gasteiger partial charge in [-0.2, -0.15) is 0 Å². The summed E-state index contributed by atoms with van der Waals surface area (Å²) in [7, 11) is 0. The lowest BCUT2D eigenvalue weighted by Crippen LogP contribution is -2.46. The van der Waals surface area contributed by atoms with Gasteiger partial charge in [0.15, 0.2) is 0 Å². The van der Waals surface area contributed by atoms with Crippen LogP contribution in [0.5, 0.6) is 0 Å². The van der Waals surface area contributed by atoms with Crippen molar-refractivity contribution in [3.63, 3.8) is 0 Å². The number of nitrogens with zero attached hydrogens (tertiary/aromatic N) is 1. The largest absolute Gasteiger partial charge is 0.378 e. The third kappa shape index (κ3) is 5.76. The van der Waals surface area contributed by atoms with Crippen LogP contribution in [0.3, 0.4) is 0 Å². The molecular weight excluding hydrogens is 324 g/mol. The highest BCUT2D eigenvalue weighted by atomic mass is 35.5. The molecule has 24 heavy (non-hydrogen) atoms. The molecule has 1 aromatic rings. The van der Waals surface area contributed by atoms with Gasteiger partial charge in [0.05, 0.1) is 13.2 Å². The highest BCUT2D eigenvalue weighted by molar-refractivity contribution is 5.85. The summed E-state index contributed by atoms with van der Waals surface area (Å²) in [6, 6.07) is 10.9. The molecule has 134 valence electrons. The minimum Gasteiger partial charge on any atom is -0.378 e. The van der Waals surface area contributed by atoms with Gasteiger partial charge in [-0.05, 0) is 37.2 Å². The lowest BCUT2D eigenvalue weighted by Gasteiger charge is -2.33. The molecule has 2 aliphatic heterocycles. The fraction of sp³-hybridized carbons (Fsp3) is 0.632. The predicted molar refractivity (Wildman–Crippen MR) is 98.5 cm³/mol. The van der Waals surface area contributed by atoms with E-state index in [2.05, 4.69) is 40.5 Å². The number of carbonyl (C=O) groups excluding carboxylic acids is 1. The van der Waals surface area contributed by atoms with E-state index in [9.17, 15) is 4.79 Å². The standard InChI is InChI=1S/C19H28N2O2.ClH/c22-19(14-18-15-23-13-10-20-18)21-11-8-17(9-12-21)7-6-16-4-2-1-3-5-16;/h1-5,17-18,20H,6-15H2;1H. The van der Waals surface area contributed by atoms with Crippen molar-refractivity contribution in [1.29, 1.82) is 0 Å². The Morgan fingerprint density at radius 1 is 1.21 bits per heavy atom. The van der Waals surface area contributed by atoms with Crippen molar-refractivity contribution < 1.29 is 9.53 Å². The Bertz CT molecular complexity index is 483. The Morgan fingerprint density at radius 3 is 2.62 bits per heavy atom. The summed E-state index contributed by atoms with van der Waals surface area (Å²) >= 11 is 0. The number of aryl methyl sites for hydroxylation is 1. The van der Waals surface area contributed by atoms with Gasteiger partial charge in [0.1, 0.15) is 0 Å². The number of halogens is 1. The van der Waals surface area contributed by atoms with Crippen LogP contribution in [-0.2, 0) is 16.0 Å². The molecule has 1 amide bonds. The van der Waals surface area contributed by atoms with Crippen LogP contribution in [0, 0.1) is 5.92 Å². The zero-order valence-electron chi connectivity index (χ0n) is 14.3. The molecule has 1 aromatic carbocycles. The van der Waals surface area contributed by atoms with E-state index in [4.69, 9.17) is 4.74 Å². The van der Waals surface area contributed by atoms with Crippen molar-refractivity contribution >= 4 is 18.3 Å². The minimum atomic E-state index is 0. The quantitative estimate of drug-likeness (QED) is 0.885. The number of benzene rings is 1. The molecule has 2 heterocycles. The van der Waals surface area contributed by atoms with Gasteiger partial charge in [-0.1, -0.05) is 30.3 Å². The van der Waals surface area contributed by atoms with Gasteiger partial charge in [0, 0.05) is 32.1 Å². The summed E-state index contributed by atoms with van der Waals surface area (Å²) in [5, 5.41) is 3.36. The second kappa shape index (κ2) is 10.0. The fourth-order valence-electron chi connectivity index (χ4n) is 3.58. The monoisotopic (exact) mass is 352 g/mol. The normalized spacial score (nSPS) is 22.0. The number of carbonyl (C=O) groups is 1. The zero-order valence-corrected chi connectivity index (χ0v) is 15.1. The predicted octanol–water partition coefficient (Wildman–Crippen LogP) is 2.66. The smallest absolute Gasteiger partial charge is 0.224 e. The van der Waals surface area contributed by atoms with Crippen LogP contribution >= 0.6 is 12.4 Å². The molecule has 0 aromatic heterocycles. The molecule has 2 aliphatic rings. The summed E-state index contributed by atoms with van der Waals surface area (Å²) in [5.41, 5.74) is 1.43. The summed E-state index contributed by atoms with van der Waals surface area (Å²) in [6.07, 6.45) is 5.27. The van der Waals surface area contributed by atoms with Crippen LogP contribution in [0.15, 0.2) is 30.3 Å². The van der Waals surface area contributed by atoms with Gasteiger partial charge in [-0.15, -0.1) is 12.4 Å². The second-order valence-electron chi connectivity index (χ2n) is 6.78. The first-order chi connectivity index (χ1) is 11.3. The first-order valence-corrected chi connectivity index (χ1v) is 8.94. The van der Waals surface area contributed by atoms with Gasteiger partial charge in [0.25, 0.3) is 0 Å². The van der Waals surface area contributed by atoms with E-state index in [-0.39, 0.29) is 24.4 Å². The first kappa shape index (κ1) is 19.2. The van der Waals surface area contributed by atoms with Gasteiger partial charge in [-0.25, -0.2) is 0 Å². The van der Waals surface area contributed by atoms with Crippen LogP contribution in [0.25, 0.3) is 0 Å². The van der Waals surface area contributed by atoms with E-state index < -0.39 is 0 Å². The van der Waals surface area contributed by atoms with Crippen molar-refractivity contribution in [2.75, 3.05) is 32.8 Å². The summed E-state index contributed by atoms with van der Waals surface area (Å²) in [4.78, 5) is 14.4. The van der Waals surface area contributed by atoms with Gasteiger partial charge in [0.2, 0.25) is 5.91 Å². The highest BCUT2D eigenvalue weighted by Gasteiger charge is 2.25. The molecule has 3 rings (SSSR count). The maximum Gasteiger partial charge on any atom is 0.224 e. The number of nitrogens with one attached hydrogen (secondary N) is 1. The van der Waals surface area contributed by atoms with Crippen LogP contribution in [0.1, 0.15) is 31.2 Å². The van der Waals surface area contributed by atoms with E-state index in [0.717, 1.165) is 51.4 Å². The van der Waals surface area contributed by atoms with Gasteiger partial charge >= 0.3 is 0 Å². The molecule has 0 saturated carbocycles. The minimum absolute atomic E-state index is 0. The molecule has 2 fully saturated rings. The van der Waals surface area contributed by atoms with Gasteiger partial charge in [-0.3, -0.25) is 4.79 Å². The molecule has 0 spiro atoms. The van der Waals surface area contributed by atoms with Crippen LogP contribution in [-0.4, -0.2) is 49.7 Å². The number of morpholine rings is 1. The molecule has 0 aliphatic carbocycles. The number of hydrogen-bond donors (Lipinski definition) is 1. The van der Waals surface area contributed by atoms with Gasteiger partial charge < -0.3 is 15.0 Å². The van der Waals surface area contributed by atoms with Crippen molar-refractivity contribution in [2.45, 2.75) is 38.1 Å². The number of rotatable bonds is 5. The van der Waals surface area contributed by atoms with E-state index >= 15 is 0 Å². The Hall–Kier alpha value is -1.10. The number of hydrogen-bond acceptors (Lipinski definition) is 3. The lowest BCUT2D eigenvalue weighted by atomic mass is 9.90. The zero-order chi connectivity index (χ0) is 15.9. The Balaban J connectivity index is 0.00000208. The number of likely N-dealkylation sites (tertiary alicyclic amines) is 1. The second-order valence-corrected chi connectivity index (χ2v) is 6.78. The maximum atomic E-state index is 12.4. The van der Waals surface area contributed by atoms with E-state index in [1.165, 1.54) is 12.0 Å². The average molecular weight is 353 g/mol. The molecular formula is C19H29ClN2O2.